The Morgan fingerprint density at radius 3 is 2.70 bits per heavy atom. The zero-order chi connectivity index (χ0) is 14.9. The Bertz CT molecular complexity index is 519. The van der Waals surface area contributed by atoms with Crippen molar-refractivity contribution in [1.82, 2.24) is 5.32 Å². The molecule has 2 nitrogen and oxygen atoms in total. The molecule has 1 fully saturated rings. The quantitative estimate of drug-likeness (QED) is 0.928. The molecule has 3 unspecified atom stereocenters. The van der Waals surface area contributed by atoms with Crippen molar-refractivity contribution in [3.8, 4) is 0 Å². The summed E-state index contributed by atoms with van der Waals surface area (Å²) in [7, 11) is 0.291. The van der Waals surface area contributed by atoms with E-state index in [9.17, 15) is 13.0 Å². The van der Waals surface area contributed by atoms with Gasteiger partial charge in [-0.1, -0.05) is 20.3 Å². The number of rotatable bonds is 3. The van der Waals surface area contributed by atoms with Crippen molar-refractivity contribution in [3.05, 3.63) is 29.8 Å². The van der Waals surface area contributed by atoms with Crippen LogP contribution >= 0.6 is 0 Å². The van der Waals surface area contributed by atoms with Gasteiger partial charge in [0.1, 0.15) is 11.6 Å². The minimum absolute atomic E-state index is 0.00285. The maximum atomic E-state index is 13.8. The van der Waals surface area contributed by atoms with E-state index in [4.69, 9.17) is 0 Å². The summed E-state index contributed by atoms with van der Waals surface area (Å²) in [6.45, 7) is 4.25. The van der Waals surface area contributed by atoms with Crippen molar-refractivity contribution >= 4 is 10.8 Å². The van der Waals surface area contributed by atoms with Gasteiger partial charge in [0.2, 0.25) is 0 Å². The SMILES string of the molecule is CNC1C(S(=O)c2cc(F)ccc2F)CCCC1(C)C. The first-order valence-electron chi connectivity index (χ1n) is 6.89. The van der Waals surface area contributed by atoms with Crippen LogP contribution in [-0.2, 0) is 10.8 Å². The molecule has 1 aliphatic carbocycles. The van der Waals surface area contributed by atoms with Gasteiger partial charge in [0.05, 0.1) is 20.9 Å². The molecule has 1 saturated carbocycles. The first-order chi connectivity index (χ1) is 9.36. The number of nitrogens with one attached hydrogen (secondary N) is 1. The van der Waals surface area contributed by atoms with Crippen molar-refractivity contribution in [3.63, 3.8) is 0 Å². The van der Waals surface area contributed by atoms with E-state index >= 15 is 0 Å². The monoisotopic (exact) mass is 301 g/mol. The van der Waals surface area contributed by atoms with Crippen LogP contribution in [0.2, 0.25) is 0 Å². The largest absolute Gasteiger partial charge is 0.315 e. The highest BCUT2D eigenvalue weighted by Gasteiger charge is 2.41. The van der Waals surface area contributed by atoms with Crippen molar-refractivity contribution < 1.29 is 13.0 Å². The minimum Gasteiger partial charge on any atom is -0.315 e. The molecule has 0 bridgehead atoms. The number of halogens is 2. The minimum atomic E-state index is -1.55. The van der Waals surface area contributed by atoms with Crippen molar-refractivity contribution in [2.24, 2.45) is 5.41 Å². The van der Waals surface area contributed by atoms with Crippen molar-refractivity contribution in [1.29, 1.82) is 0 Å². The molecule has 3 atom stereocenters. The van der Waals surface area contributed by atoms with Crippen LogP contribution in [-0.4, -0.2) is 22.5 Å². The van der Waals surface area contributed by atoms with Crippen LogP contribution in [0, 0.1) is 17.0 Å². The molecule has 112 valence electrons. The third kappa shape index (κ3) is 2.93. The number of hydrogen-bond acceptors (Lipinski definition) is 2. The molecular formula is C15H21F2NOS. The summed E-state index contributed by atoms with van der Waals surface area (Å²) in [5, 5.41) is 3.03. The number of hydrogen-bond donors (Lipinski definition) is 1. The van der Waals surface area contributed by atoms with Gasteiger partial charge in [0.15, 0.2) is 0 Å². The van der Waals surface area contributed by atoms with E-state index in [-0.39, 0.29) is 21.6 Å². The summed E-state index contributed by atoms with van der Waals surface area (Å²) in [4.78, 5) is -0.0204. The van der Waals surface area contributed by atoms with Gasteiger partial charge >= 0.3 is 0 Å². The Morgan fingerprint density at radius 2 is 2.05 bits per heavy atom. The molecule has 0 radical (unpaired) electrons. The van der Waals surface area contributed by atoms with Crippen LogP contribution in [0.5, 0.6) is 0 Å². The van der Waals surface area contributed by atoms with Gasteiger partial charge in [0, 0.05) is 6.04 Å². The van der Waals surface area contributed by atoms with Crippen LogP contribution in [0.3, 0.4) is 0 Å². The van der Waals surface area contributed by atoms with Gasteiger partial charge in [-0.15, -0.1) is 0 Å². The van der Waals surface area contributed by atoms with E-state index in [0.717, 1.165) is 37.5 Å². The molecule has 0 saturated heterocycles. The van der Waals surface area contributed by atoms with Gasteiger partial charge in [-0.2, -0.15) is 0 Å². The highest BCUT2D eigenvalue weighted by atomic mass is 32.2. The molecule has 2 rings (SSSR count). The third-order valence-electron chi connectivity index (χ3n) is 4.22. The second kappa shape index (κ2) is 5.90. The molecule has 1 N–H and O–H groups in total. The van der Waals surface area contributed by atoms with Gasteiger partial charge in [0.25, 0.3) is 0 Å². The summed E-state index contributed by atoms with van der Waals surface area (Å²) >= 11 is 0. The van der Waals surface area contributed by atoms with E-state index in [2.05, 4.69) is 19.2 Å². The fourth-order valence-electron chi connectivity index (χ4n) is 3.19. The molecule has 1 aliphatic rings. The van der Waals surface area contributed by atoms with Crippen molar-refractivity contribution in [2.45, 2.75) is 49.3 Å². The summed E-state index contributed by atoms with van der Waals surface area (Å²) in [6.07, 6.45) is 2.76. The molecule has 1 aromatic carbocycles. The zero-order valence-electron chi connectivity index (χ0n) is 12.1. The predicted molar refractivity (Wildman–Crippen MR) is 77.0 cm³/mol. The molecule has 0 spiro atoms. The van der Waals surface area contributed by atoms with Gasteiger partial charge < -0.3 is 5.32 Å². The van der Waals surface area contributed by atoms with Crippen LogP contribution in [0.1, 0.15) is 33.1 Å². The lowest BCUT2D eigenvalue weighted by atomic mass is 9.73. The topological polar surface area (TPSA) is 29.1 Å². The Labute approximate surface area is 121 Å². The molecule has 20 heavy (non-hydrogen) atoms. The van der Waals surface area contributed by atoms with Crippen LogP contribution in [0.25, 0.3) is 0 Å². The summed E-state index contributed by atoms with van der Waals surface area (Å²) in [5.74, 6) is -1.14. The number of benzene rings is 1. The smallest absolute Gasteiger partial charge is 0.139 e. The molecular weight excluding hydrogens is 280 g/mol. The second-order valence-corrected chi connectivity index (χ2v) is 7.70. The molecule has 0 aliphatic heterocycles. The Hall–Kier alpha value is -0.810. The lowest BCUT2D eigenvalue weighted by molar-refractivity contribution is 0.180. The van der Waals surface area contributed by atoms with E-state index < -0.39 is 22.4 Å². The predicted octanol–water partition coefficient (Wildman–Crippen LogP) is 3.24. The van der Waals surface area contributed by atoms with Crippen LogP contribution in [0.4, 0.5) is 8.78 Å². The zero-order valence-corrected chi connectivity index (χ0v) is 12.9. The summed E-state index contributed by atoms with van der Waals surface area (Å²) in [5.41, 5.74) is -0.00285. The summed E-state index contributed by atoms with van der Waals surface area (Å²) < 4.78 is 39.8. The normalized spacial score (nSPS) is 27.2. The molecule has 0 amide bonds. The summed E-state index contributed by atoms with van der Waals surface area (Å²) in [6, 6.07) is 3.18. The van der Waals surface area contributed by atoms with Crippen LogP contribution < -0.4 is 5.32 Å². The Kier molecular flexibility index (Phi) is 4.59. The highest BCUT2D eigenvalue weighted by molar-refractivity contribution is 7.85. The lowest BCUT2D eigenvalue weighted by Gasteiger charge is -2.43. The Morgan fingerprint density at radius 1 is 1.35 bits per heavy atom. The van der Waals surface area contributed by atoms with E-state index in [1.807, 2.05) is 7.05 Å². The second-order valence-electron chi connectivity index (χ2n) is 6.06. The highest BCUT2D eigenvalue weighted by Crippen LogP contribution is 2.39. The van der Waals surface area contributed by atoms with Gasteiger partial charge in [-0.05, 0) is 43.5 Å². The van der Waals surface area contributed by atoms with Gasteiger partial charge in [-0.3, -0.25) is 4.21 Å². The average molecular weight is 301 g/mol. The fraction of sp³-hybridized carbons (Fsp3) is 0.600. The molecule has 0 aromatic heterocycles. The van der Waals surface area contributed by atoms with E-state index in [0.29, 0.717) is 0 Å². The van der Waals surface area contributed by atoms with Crippen LogP contribution in [0.15, 0.2) is 23.1 Å². The van der Waals surface area contributed by atoms with E-state index in [1.165, 1.54) is 0 Å². The van der Waals surface area contributed by atoms with Crippen molar-refractivity contribution in [2.75, 3.05) is 7.05 Å². The maximum absolute atomic E-state index is 13.8. The van der Waals surface area contributed by atoms with E-state index in [1.54, 1.807) is 0 Å². The lowest BCUT2D eigenvalue weighted by Crippen LogP contribution is -2.52. The average Bonchev–Trinajstić information content (AvgIpc) is 2.39. The molecule has 1 aromatic rings. The molecule has 0 heterocycles. The first kappa shape index (κ1) is 15.6. The third-order valence-corrected chi connectivity index (χ3v) is 6.02. The van der Waals surface area contributed by atoms with Gasteiger partial charge in [-0.25, -0.2) is 8.78 Å². The molecule has 5 heteroatoms. The fourth-order valence-corrected chi connectivity index (χ4v) is 5.13. The first-order valence-corrected chi connectivity index (χ1v) is 8.11. The Balaban J connectivity index is 2.34. The standard InChI is InChI=1S/C15H21F2NOS/c1-15(2)8-4-5-12(14(15)18-3)20(19)13-9-10(16)6-7-11(13)17/h6-7,9,12,14,18H,4-5,8H2,1-3H3. The maximum Gasteiger partial charge on any atom is 0.139 e.